The molecule has 35 heavy (non-hydrogen) atoms. The van der Waals surface area contributed by atoms with Gasteiger partial charge in [-0.15, -0.1) is 0 Å². The molecule has 4 rings (SSSR count). The topological polar surface area (TPSA) is 35.5 Å². The minimum absolute atomic E-state index is 0.180. The van der Waals surface area contributed by atoms with E-state index in [0.717, 1.165) is 48.3 Å². The smallest absolute Gasteiger partial charge is 0.375 e. The molecule has 0 heterocycles. The molecule has 8 atom stereocenters. The summed E-state index contributed by atoms with van der Waals surface area (Å²) in [5.41, 5.74) is 2.52. The molecule has 0 saturated heterocycles. The van der Waals surface area contributed by atoms with Crippen LogP contribution in [0.1, 0.15) is 105 Å². The number of hydrogen-bond acceptors (Lipinski definition) is 3. The van der Waals surface area contributed by atoms with Crippen molar-refractivity contribution < 1.29 is 13.8 Å². The zero-order valence-corrected chi connectivity index (χ0v) is 25.1. The van der Waals surface area contributed by atoms with Gasteiger partial charge < -0.3 is 9.26 Å². The number of rotatable bonds is 10. The van der Waals surface area contributed by atoms with Gasteiger partial charge in [0, 0.05) is 0 Å². The Labute approximate surface area is 224 Å². The molecular formula is C29H49Cl2O3P. The molecule has 0 N–H and O–H groups in total. The number of hydrogen-bond donors (Lipinski definition) is 0. The Kier molecular flexibility index (Phi) is 9.19. The van der Waals surface area contributed by atoms with Crippen molar-refractivity contribution in [1.82, 2.24) is 0 Å². The van der Waals surface area contributed by atoms with E-state index in [4.69, 9.17) is 31.7 Å². The van der Waals surface area contributed by atoms with Crippen LogP contribution in [0.3, 0.4) is 0 Å². The van der Waals surface area contributed by atoms with Gasteiger partial charge in [-0.25, -0.2) is 0 Å². The van der Waals surface area contributed by atoms with Crippen molar-refractivity contribution in [3.63, 3.8) is 0 Å². The quantitative estimate of drug-likeness (QED) is 0.155. The maximum atomic E-state index is 11.3. The van der Waals surface area contributed by atoms with Crippen LogP contribution in [0.25, 0.3) is 0 Å². The van der Waals surface area contributed by atoms with Gasteiger partial charge in [-0.2, -0.15) is 0 Å². The van der Waals surface area contributed by atoms with Crippen LogP contribution >= 0.6 is 28.6 Å². The highest BCUT2D eigenvalue weighted by Gasteiger charge is 2.59. The molecule has 3 saturated carbocycles. The third-order valence-electron chi connectivity index (χ3n) is 10.9. The largest absolute Gasteiger partial charge is 0.380 e. The molecular weight excluding hydrogens is 498 g/mol. The number of halogens is 2. The minimum Gasteiger partial charge on any atom is -0.375 e. The van der Waals surface area contributed by atoms with Gasteiger partial charge >= 0.3 is 6.07 Å². The summed E-state index contributed by atoms with van der Waals surface area (Å²) in [7, 11) is 0. The third kappa shape index (κ3) is 6.21. The maximum absolute atomic E-state index is 11.3. The lowest BCUT2D eigenvalue weighted by Gasteiger charge is -2.58. The molecule has 5 unspecified atom stereocenters. The predicted molar refractivity (Wildman–Crippen MR) is 148 cm³/mol. The summed E-state index contributed by atoms with van der Waals surface area (Å²) >= 11 is 10.9. The molecule has 0 bridgehead atoms. The van der Waals surface area contributed by atoms with Crippen LogP contribution in [-0.4, -0.2) is 19.3 Å². The summed E-state index contributed by atoms with van der Waals surface area (Å²) in [5, 5.41) is 0. The lowest BCUT2D eigenvalue weighted by Crippen LogP contribution is -2.51. The van der Waals surface area contributed by atoms with E-state index in [9.17, 15) is 4.57 Å². The molecule has 3 fully saturated rings. The van der Waals surface area contributed by atoms with Gasteiger partial charge in [0.05, 0.1) is 19.3 Å². The van der Waals surface area contributed by atoms with Crippen LogP contribution in [0, 0.1) is 46.3 Å². The molecule has 6 heteroatoms. The average Bonchev–Trinajstić information content (AvgIpc) is 3.13. The van der Waals surface area contributed by atoms with Crippen LogP contribution in [-0.2, 0) is 13.8 Å². The highest BCUT2D eigenvalue weighted by molar-refractivity contribution is 8.05. The first-order valence-corrected chi connectivity index (χ1v) is 17.8. The monoisotopic (exact) mass is 546 g/mol. The van der Waals surface area contributed by atoms with Gasteiger partial charge in [0.15, 0.2) is 0 Å². The van der Waals surface area contributed by atoms with Crippen molar-refractivity contribution in [3.05, 3.63) is 11.6 Å². The molecule has 0 radical (unpaired) electrons. The van der Waals surface area contributed by atoms with Crippen LogP contribution < -0.4 is 0 Å². The minimum atomic E-state index is -3.47. The standard InChI is InChI=1S/C29H49Cl2O3P/c1-20(2)7-6-8-21(3)25-11-12-26-24-10-9-22-19-23(33-17-18-34-35(30,31)32)13-15-28(22,4)27(24)14-16-29(25,26)5/h9,20-21,23-27H,6-8,10-19H2,1-5H3/t21?,23-,24?,25?,26?,27?,28-,29+/m0/s1. The summed E-state index contributed by atoms with van der Waals surface area (Å²) in [6, 6.07) is 0. The number of fused-ring (bicyclic) bond motifs is 5. The maximum Gasteiger partial charge on any atom is 0.380 e. The van der Waals surface area contributed by atoms with E-state index < -0.39 is 6.07 Å². The van der Waals surface area contributed by atoms with E-state index in [1.54, 1.807) is 5.57 Å². The van der Waals surface area contributed by atoms with Crippen molar-refractivity contribution in [2.75, 3.05) is 13.2 Å². The molecule has 0 aliphatic heterocycles. The Morgan fingerprint density at radius 3 is 2.51 bits per heavy atom. The van der Waals surface area contributed by atoms with Gasteiger partial charge in [0.25, 0.3) is 0 Å². The third-order valence-corrected chi connectivity index (χ3v) is 12.0. The lowest BCUT2D eigenvalue weighted by molar-refractivity contribution is -0.0652. The molecule has 0 aromatic rings. The summed E-state index contributed by atoms with van der Waals surface area (Å²) in [6.07, 6.45) is 13.9. The van der Waals surface area contributed by atoms with Crippen molar-refractivity contribution in [2.24, 2.45) is 46.3 Å². The molecule has 4 aliphatic carbocycles. The van der Waals surface area contributed by atoms with Crippen LogP contribution in [0.5, 0.6) is 0 Å². The highest BCUT2D eigenvalue weighted by Crippen LogP contribution is 2.67. The summed E-state index contributed by atoms with van der Waals surface area (Å²) in [6.45, 7) is 13.1. The van der Waals surface area contributed by atoms with E-state index in [2.05, 4.69) is 40.7 Å². The van der Waals surface area contributed by atoms with Crippen molar-refractivity contribution >= 4 is 28.6 Å². The number of allylic oxidation sites excluding steroid dienone is 1. The molecule has 0 amide bonds. The molecule has 0 aromatic heterocycles. The van der Waals surface area contributed by atoms with E-state index in [1.165, 1.54) is 57.8 Å². The highest BCUT2D eigenvalue weighted by atomic mass is 35.9. The summed E-state index contributed by atoms with van der Waals surface area (Å²) in [5.74, 6) is 5.22. The average molecular weight is 548 g/mol. The van der Waals surface area contributed by atoms with Crippen LogP contribution in [0.15, 0.2) is 11.6 Å². The van der Waals surface area contributed by atoms with E-state index >= 15 is 0 Å². The first kappa shape index (κ1) is 28.5. The molecule has 202 valence electrons. The fraction of sp³-hybridized carbons (Fsp3) is 0.931. The zero-order valence-electron chi connectivity index (χ0n) is 22.7. The van der Waals surface area contributed by atoms with Gasteiger partial charge in [0.1, 0.15) is 0 Å². The van der Waals surface area contributed by atoms with Gasteiger partial charge in [0.2, 0.25) is 0 Å². The first-order chi connectivity index (χ1) is 16.4. The Hall–Kier alpha value is 0.470. The Balaban J connectivity index is 1.37. The number of ether oxygens (including phenoxy) is 1. The van der Waals surface area contributed by atoms with Crippen molar-refractivity contribution in [1.29, 1.82) is 0 Å². The molecule has 4 aliphatic rings. The van der Waals surface area contributed by atoms with Crippen molar-refractivity contribution in [3.8, 4) is 0 Å². The van der Waals surface area contributed by atoms with Crippen LogP contribution in [0.4, 0.5) is 0 Å². The second kappa shape index (κ2) is 11.3. The van der Waals surface area contributed by atoms with Crippen molar-refractivity contribution in [2.45, 2.75) is 111 Å². The fourth-order valence-corrected chi connectivity index (χ4v) is 9.85. The first-order valence-electron chi connectivity index (χ1n) is 14.4. The van der Waals surface area contributed by atoms with E-state index in [-0.39, 0.29) is 12.7 Å². The van der Waals surface area contributed by atoms with Gasteiger partial charge in [-0.1, -0.05) is 65.5 Å². The van der Waals surface area contributed by atoms with Gasteiger partial charge in [-0.3, -0.25) is 4.57 Å². The molecule has 0 spiro atoms. The van der Waals surface area contributed by atoms with Gasteiger partial charge in [-0.05, 0) is 120 Å². The fourth-order valence-electron chi connectivity index (χ4n) is 9.15. The predicted octanol–water partition coefficient (Wildman–Crippen LogP) is 10.0. The summed E-state index contributed by atoms with van der Waals surface area (Å²) < 4.78 is 22.4. The zero-order chi connectivity index (χ0) is 25.4. The second-order valence-electron chi connectivity index (χ2n) is 13.3. The Morgan fingerprint density at radius 1 is 1.03 bits per heavy atom. The second-order valence-corrected chi connectivity index (χ2v) is 17.5. The summed E-state index contributed by atoms with van der Waals surface area (Å²) in [4.78, 5) is 0. The lowest BCUT2D eigenvalue weighted by atomic mass is 9.47. The molecule has 0 aromatic carbocycles. The van der Waals surface area contributed by atoms with E-state index in [0.29, 0.717) is 17.4 Å². The van der Waals surface area contributed by atoms with Crippen LogP contribution in [0.2, 0.25) is 0 Å². The Bertz CT molecular complexity index is 810. The normalized spacial score (nSPS) is 40.1. The molecule has 3 nitrogen and oxygen atoms in total. The Morgan fingerprint density at radius 2 is 1.80 bits per heavy atom. The van der Waals surface area contributed by atoms with E-state index in [1.807, 2.05) is 0 Å². The SMILES string of the molecule is CC(C)CCCC(C)C1CCC2C3CC=C4C[C@@H](OCCOP(=O)(Cl)Cl)CC[C@]4(C)C3CC[C@]12C.